The number of hydrogen-bond donors (Lipinski definition) is 2. The van der Waals surface area contributed by atoms with E-state index in [0.717, 1.165) is 5.56 Å². The van der Waals surface area contributed by atoms with Gasteiger partial charge in [0.25, 0.3) is 0 Å². The minimum atomic E-state index is -1.06. The lowest BCUT2D eigenvalue weighted by Gasteiger charge is -2.16. The molecule has 0 radical (unpaired) electrons. The number of carboxylic acid groups (broad SMARTS) is 1. The van der Waals surface area contributed by atoms with E-state index in [2.05, 4.69) is 10.3 Å². The first-order valence-corrected chi connectivity index (χ1v) is 12.2. The Bertz CT molecular complexity index is 1300. The molecule has 10 heteroatoms. The molecule has 3 aromatic carbocycles. The third kappa shape index (κ3) is 6.50. The summed E-state index contributed by atoms with van der Waals surface area (Å²) in [4.78, 5) is 43.0. The lowest BCUT2D eigenvalue weighted by atomic mass is 10.1. The van der Waals surface area contributed by atoms with Gasteiger partial charge < -0.3 is 10.4 Å². The van der Waals surface area contributed by atoms with Gasteiger partial charge >= 0.3 is 5.97 Å². The van der Waals surface area contributed by atoms with Crippen LogP contribution >= 0.6 is 23.4 Å². The maximum Gasteiger partial charge on any atom is 0.335 e. The number of hydrogen-bond acceptors (Lipinski definition) is 5. The van der Waals surface area contributed by atoms with Gasteiger partial charge in [-0.2, -0.15) is 0 Å². The minimum absolute atomic E-state index is 0.0864. The van der Waals surface area contributed by atoms with Crippen LogP contribution in [-0.2, 0) is 16.0 Å². The molecule has 0 aliphatic carbocycles. The predicted molar refractivity (Wildman–Crippen MR) is 138 cm³/mol. The van der Waals surface area contributed by atoms with Crippen molar-refractivity contribution in [2.45, 2.75) is 18.1 Å². The Balaban J connectivity index is 1.48. The Hall–Kier alpha value is -3.69. The van der Waals surface area contributed by atoms with Gasteiger partial charge in [-0.25, -0.2) is 14.2 Å². The Labute approximate surface area is 216 Å². The first-order valence-electron chi connectivity index (χ1n) is 11.0. The number of carboxylic acids is 1. The van der Waals surface area contributed by atoms with Crippen molar-refractivity contribution in [2.24, 2.45) is 4.99 Å². The van der Waals surface area contributed by atoms with E-state index in [1.807, 2.05) is 0 Å². The minimum Gasteiger partial charge on any atom is -0.478 e. The number of nitrogens with one attached hydrogen (secondary N) is 1. The molecule has 1 aliphatic rings. The standard InChI is InChI=1S/C26H21ClFN3O4S/c27-18-5-11-21(12-6-18)30-26-31(14-13-16-1-7-19(28)8-2-16)24(33)22(36-26)15-23(32)29-20-9-3-17(4-10-20)25(34)35/h1-12,22H,13-15H2,(H,29,32)(H,34,35)/t22-/m0/s1. The van der Waals surface area contributed by atoms with Crippen LogP contribution in [0.25, 0.3) is 0 Å². The second-order valence-corrected chi connectivity index (χ2v) is 9.58. The summed E-state index contributed by atoms with van der Waals surface area (Å²) in [5.41, 5.74) is 2.02. The molecule has 1 saturated heterocycles. The van der Waals surface area contributed by atoms with Crippen molar-refractivity contribution >= 4 is 57.7 Å². The molecule has 0 saturated carbocycles. The summed E-state index contributed by atoms with van der Waals surface area (Å²) < 4.78 is 13.2. The molecule has 3 aromatic rings. The molecule has 1 aliphatic heterocycles. The summed E-state index contributed by atoms with van der Waals surface area (Å²) in [6.07, 6.45) is 0.401. The van der Waals surface area contributed by atoms with Crippen molar-refractivity contribution in [2.75, 3.05) is 11.9 Å². The lowest BCUT2D eigenvalue weighted by molar-refractivity contribution is -0.128. The average molecular weight is 526 g/mol. The van der Waals surface area contributed by atoms with Gasteiger partial charge in [0.05, 0.1) is 11.3 Å². The third-order valence-electron chi connectivity index (χ3n) is 5.40. The molecule has 0 aromatic heterocycles. The summed E-state index contributed by atoms with van der Waals surface area (Å²) >= 11 is 7.17. The van der Waals surface area contributed by atoms with E-state index in [-0.39, 0.29) is 29.6 Å². The van der Waals surface area contributed by atoms with Crippen LogP contribution in [0.4, 0.5) is 15.8 Å². The number of amides is 2. The van der Waals surface area contributed by atoms with Crippen molar-refractivity contribution in [3.8, 4) is 0 Å². The first kappa shape index (κ1) is 25.4. The van der Waals surface area contributed by atoms with E-state index in [4.69, 9.17) is 16.7 Å². The lowest BCUT2D eigenvalue weighted by Crippen LogP contribution is -2.35. The number of amidine groups is 1. The van der Waals surface area contributed by atoms with Crippen LogP contribution in [0, 0.1) is 5.82 Å². The zero-order chi connectivity index (χ0) is 25.7. The smallest absolute Gasteiger partial charge is 0.335 e. The van der Waals surface area contributed by atoms with Crippen molar-refractivity contribution in [1.82, 2.24) is 4.90 Å². The summed E-state index contributed by atoms with van der Waals surface area (Å²) in [6.45, 7) is 0.318. The van der Waals surface area contributed by atoms with E-state index in [1.54, 1.807) is 41.3 Å². The fraction of sp³-hybridized carbons (Fsp3) is 0.154. The van der Waals surface area contributed by atoms with Crippen LogP contribution < -0.4 is 5.32 Å². The number of thioether (sulfide) groups is 1. The Morgan fingerprint density at radius 3 is 2.33 bits per heavy atom. The molecule has 0 spiro atoms. The van der Waals surface area contributed by atoms with Gasteiger partial charge in [0.1, 0.15) is 11.1 Å². The van der Waals surface area contributed by atoms with E-state index < -0.39 is 11.2 Å². The summed E-state index contributed by atoms with van der Waals surface area (Å²) in [5, 5.41) is 12.1. The molecular formula is C26H21ClFN3O4S. The Morgan fingerprint density at radius 1 is 1.03 bits per heavy atom. The molecule has 2 N–H and O–H groups in total. The van der Waals surface area contributed by atoms with Gasteiger partial charge in [-0.15, -0.1) is 0 Å². The third-order valence-corrected chi connectivity index (χ3v) is 6.82. The van der Waals surface area contributed by atoms with E-state index >= 15 is 0 Å². The second-order valence-electron chi connectivity index (χ2n) is 7.98. The molecule has 4 rings (SSSR count). The molecule has 0 bridgehead atoms. The van der Waals surface area contributed by atoms with Gasteiger partial charge in [0.15, 0.2) is 5.17 Å². The van der Waals surface area contributed by atoms with Crippen LogP contribution in [0.2, 0.25) is 5.02 Å². The van der Waals surface area contributed by atoms with Gasteiger partial charge in [0, 0.05) is 23.7 Å². The van der Waals surface area contributed by atoms with Gasteiger partial charge in [-0.3, -0.25) is 14.5 Å². The average Bonchev–Trinajstić information content (AvgIpc) is 3.14. The quantitative estimate of drug-likeness (QED) is 0.411. The largest absolute Gasteiger partial charge is 0.478 e. The molecule has 0 unspecified atom stereocenters. The molecule has 2 amide bonds. The fourth-order valence-corrected chi connectivity index (χ4v) is 4.84. The van der Waals surface area contributed by atoms with E-state index in [9.17, 15) is 18.8 Å². The molecule has 184 valence electrons. The number of carbonyl (C=O) groups excluding carboxylic acids is 2. The van der Waals surface area contributed by atoms with Crippen LogP contribution in [0.5, 0.6) is 0 Å². The van der Waals surface area contributed by atoms with Crippen LogP contribution in [0.15, 0.2) is 77.8 Å². The van der Waals surface area contributed by atoms with Crippen LogP contribution in [0.1, 0.15) is 22.3 Å². The number of nitrogens with zero attached hydrogens (tertiary/aromatic N) is 2. The predicted octanol–water partition coefficient (Wildman–Crippen LogP) is 5.38. The summed E-state index contributed by atoms with van der Waals surface area (Å²) in [7, 11) is 0. The number of benzene rings is 3. The zero-order valence-corrected chi connectivity index (χ0v) is 20.4. The molecule has 36 heavy (non-hydrogen) atoms. The van der Waals surface area contributed by atoms with Crippen molar-refractivity contribution < 1.29 is 23.9 Å². The van der Waals surface area contributed by atoms with E-state index in [0.29, 0.717) is 34.5 Å². The van der Waals surface area contributed by atoms with Gasteiger partial charge in [0.2, 0.25) is 11.8 Å². The summed E-state index contributed by atoms with van der Waals surface area (Å²) in [5.74, 6) is -2.02. The van der Waals surface area contributed by atoms with Gasteiger partial charge in [-0.1, -0.05) is 35.5 Å². The van der Waals surface area contributed by atoms with Crippen molar-refractivity contribution in [1.29, 1.82) is 0 Å². The maximum absolute atomic E-state index is 13.2. The number of rotatable bonds is 8. The highest BCUT2D eigenvalue weighted by Gasteiger charge is 2.39. The SMILES string of the molecule is O=C(C[C@@H]1SC(=Nc2ccc(Cl)cc2)N(CCc2ccc(F)cc2)C1=O)Nc1ccc(C(=O)O)cc1. The maximum atomic E-state index is 13.2. The number of halogens is 2. The van der Waals surface area contributed by atoms with Gasteiger partial charge in [-0.05, 0) is 72.6 Å². The molecule has 1 heterocycles. The second kappa shape index (κ2) is 11.4. The van der Waals surface area contributed by atoms with Crippen LogP contribution in [-0.4, -0.2) is 44.8 Å². The number of anilines is 1. The zero-order valence-electron chi connectivity index (χ0n) is 18.9. The highest BCUT2D eigenvalue weighted by molar-refractivity contribution is 8.15. The fourth-order valence-electron chi connectivity index (χ4n) is 3.53. The Morgan fingerprint density at radius 2 is 1.69 bits per heavy atom. The molecule has 1 atom stereocenters. The van der Waals surface area contributed by atoms with Crippen molar-refractivity contribution in [3.05, 3.63) is 94.8 Å². The highest BCUT2D eigenvalue weighted by Crippen LogP contribution is 2.32. The molecular weight excluding hydrogens is 505 g/mol. The number of aromatic carboxylic acids is 1. The number of aliphatic imine (C=N–C) groups is 1. The molecule has 7 nitrogen and oxygen atoms in total. The highest BCUT2D eigenvalue weighted by atomic mass is 35.5. The Kier molecular flexibility index (Phi) is 8.02. The first-order chi connectivity index (χ1) is 17.3. The van der Waals surface area contributed by atoms with E-state index in [1.165, 1.54) is 48.2 Å². The molecule has 1 fully saturated rings. The number of carbonyl (C=O) groups is 3. The van der Waals surface area contributed by atoms with Crippen LogP contribution in [0.3, 0.4) is 0 Å². The van der Waals surface area contributed by atoms with Crippen molar-refractivity contribution in [3.63, 3.8) is 0 Å². The monoisotopic (exact) mass is 525 g/mol. The topological polar surface area (TPSA) is 99.1 Å². The summed E-state index contributed by atoms with van der Waals surface area (Å²) in [6, 6.07) is 18.7. The normalized spacial score (nSPS) is 16.4.